The van der Waals surface area contributed by atoms with Crippen molar-refractivity contribution in [2.24, 2.45) is 0 Å². The number of rotatable bonds is 4. The molecule has 1 N–H and O–H groups in total. The topological polar surface area (TPSA) is 39.1 Å². The molecule has 90 valence electrons. The Morgan fingerprint density at radius 2 is 2.00 bits per heavy atom. The third kappa shape index (κ3) is 2.39. The molecule has 3 heteroatoms. The Kier molecular flexibility index (Phi) is 3.83. The molecule has 0 radical (unpaired) electrons. The summed E-state index contributed by atoms with van der Waals surface area (Å²) in [5, 5.41) is 12.5. The molecule has 3 nitrogen and oxygen atoms in total. The molecule has 16 heavy (non-hydrogen) atoms. The predicted molar refractivity (Wildman–Crippen MR) is 65.0 cm³/mol. The number of nitrogens with one attached hydrogen (secondary N) is 1. The van der Waals surface area contributed by atoms with E-state index in [1.165, 1.54) is 25.7 Å². The van der Waals surface area contributed by atoms with Crippen LogP contribution in [0.15, 0.2) is 0 Å². The highest BCUT2D eigenvalue weighted by Crippen LogP contribution is 2.30. The quantitative estimate of drug-likeness (QED) is 0.788. The van der Waals surface area contributed by atoms with Crippen LogP contribution in [0.2, 0.25) is 0 Å². The van der Waals surface area contributed by atoms with Gasteiger partial charge in [0.1, 0.15) is 0 Å². The average Bonchev–Trinajstić information content (AvgIpc) is 2.64. The number of piperidine rings is 1. The minimum absolute atomic E-state index is 0.451. The first-order chi connectivity index (χ1) is 7.74. The van der Waals surface area contributed by atoms with Crippen molar-refractivity contribution in [2.75, 3.05) is 7.05 Å². The van der Waals surface area contributed by atoms with E-state index >= 15 is 0 Å². The maximum Gasteiger partial charge on any atom is 0.0638 e. The molecule has 2 saturated heterocycles. The van der Waals surface area contributed by atoms with E-state index in [0.29, 0.717) is 18.5 Å². The lowest BCUT2D eigenvalue weighted by molar-refractivity contribution is 0.123. The fourth-order valence-corrected chi connectivity index (χ4v) is 3.34. The van der Waals surface area contributed by atoms with E-state index in [9.17, 15) is 0 Å². The molecule has 2 aliphatic heterocycles. The molecule has 0 aromatic heterocycles. The molecule has 2 fully saturated rings. The Hall–Kier alpha value is -0.590. The summed E-state index contributed by atoms with van der Waals surface area (Å²) in [7, 11) is 2.21. The van der Waals surface area contributed by atoms with Crippen LogP contribution in [0.5, 0.6) is 0 Å². The zero-order valence-corrected chi connectivity index (χ0v) is 10.4. The van der Waals surface area contributed by atoms with Gasteiger partial charge in [-0.2, -0.15) is 5.26 Å². The highest BCUT2D eigenvalue weighted by atomic mass is 15.2. The largest absolute Gasteiger partial charge is 0.311 e. The van der Waals surface area contributed by atoms with Crippen LogP contribution in [0, 0.1) is 11.3 Å². The highest BCUT2D eigenvalue weighted by molar-refractivity contribution is 4.96. The van der Waals surface area contributed by atoms with E-state index in [0.717, 1.165) is 18.5 Å². The van der Waals surface area contributed by atoms with Gasteiger partial charge < -0.3 is 5.32 Å². The maximum atomic E-state index is 8.84. The second-order valence-electron chi connectivity index (χ2n) is 5.35. The average molecular weight is 221 g/mol. The molecule has 2 aliphatic rings. The monoisotopic (exact) mass is 221 g/mol. The number of nitriles is 1. The summed E-state index contributed by atoms with van der Waals surface area (Å²) in [5.41, 5.74) is 0. The van der Waals surface area contributed by atoms with Gasteiger partial charge in [0.2, 0.25) is 0 Å². The summed E-state index contributed by atoms with van der Waals surface area (Å²) < 4.78 is 0. The van der Waals surface area contributed by atoms with Crippen molar-refractivity contribution in [1.29, 1.82) is 5.26 Å². The van der Waals surface area contributed by atoms with E-state index in [2.05, 4.69) is 30.3 Å². The number of hydrogen-bond acceptors (Lipinski definition) is 3. The lowest BCUT2D eigenvalue weighted by atomic mass is 9.96. The minimum Gasteiger partial charge on any atom is -0.311 e. The Labute approximate surface area is 98.8 Å². The Morgan fingerprint density at radius 1 is 1.38 bits per heavy atom. The summed E-state index contributed by atoms with van der Waals surface area (Å²) in [4.78, 5) is 2.47. The van der Waals surface area contributed by atoms with Crippen LogP contribution >= 0.6 is 0 Å². The smallest absolute Gasteiger partial charge is 0.0638 e. The Bertz CT molecular complexity index is 259. The summed E-state index contributed by atoms with van der Waals surface area (Å²) in [5.74, 6) is 0. The zero-order chi connectivity index (χ0) is 11.5. The first kappa shape index (κ1) is 11.9. The van der Waals surface area contributed by atoms with Crippen molar-refractivity contribution in [3.05, 3.63) is 0 Å². The van der Waals surface area contributed by atoms with Crippen molar-refractivity contribution >= 4 is 0 Å². The molecule has 2 heterocycles. The first-order valence-corrected chi connectivity index (χ1v) is 6.59. The third-order valence-corrected chi connectivity index (χ3v) is 4.40. The Morgan fingerprint density at radius 3 is 2.50 bits per heavy atom. The van der Waals surface area contributed by atoms with Crippen molar-refractivity contribution in [2.45, 2.75) is 69.6 Å². The van der Waals surface area contributed by atoms with Crippen molar-refractivity contribution < 1.29 is 0 Å². The van der Waals surface area contributed by atoms with Gasteiger partial charge in [-0.3, -0.25) is 4.90 Å². The van der Waals surface area contributed by atoms with Crippen LogP contribution in [-0.2, 0) is 0 Å². The number of nitrogens with zero attached hydrogens (tertiary/aromatic N) is 2. The van der Waals surface area contributed by atoms with E-state index in [-0.39, 0.29) is 0 Å². The molecule has 0 aromatic carbocycles. The van der Waals surface area contributed by atoms with Crippen LogP contribution in [0.25, 0.3) is 0 Å². The second kappa shape index (κ2) is 5.16. The van der Waals surface area contributed by atoms with E-state index in [1.54, 1.807) is 0 Å². The molecule has 2 rings (SSSR count). The van der Waals surface area contributed by atoms with Gasteiger partial charge in [0.25, 0.3) is 0 Å². The molecule has 2 bridgehead atoms. The van der Waals surface area contributed by atoms with Gasteiger partial charge in [-0.1, -0.05) is 6.92 Å². The molecule has 0 amide bonds. The van der Waals surface area contributed by atoms with Crippen molar-refractivity contribution in [3.8, 4) is 6.07 Å². The molecular weight excluding hydrogens is 198 g/mol. The van der Waals surface area contributed by atoms with Gasteiger partial charge in [-0.05, 0) is 39.2 Å². The molecule has 0 saturated carbocycles. The highest BCUT2D eigenvalue weighted by Gasteiger charge is 2.36. The first-order valence-electron chi connectivity index (χ1n) is 6.59. The van der Waals surface area contributed by atoms with E-state index in [1.807, 2.05) is 0 Å². The zero-order valence-electron chi connectivity index (χ0n) is 10.4. The summed E-state index contributed by atoms with van der Waals surface area (Å²) in [6.07, 6.45) is 7.01. The normalized spacial score (nSPS) is 35.0. The van der Waals surface area contributed by atoms with E-state index < -0.39 is 0 Å². The van der Waals surface area contributed by atoms with Gasteiger partial charge in [0.05, 0.1) is 12.5 Å². The van der Waals surface area contributed by atoms with Gasteiger partial charge in [-0.15, -0.1) is 0 Å². The van der Waals surface area contributed by atoms with Crippen LogP contribution < -0.4 is 5.32 Å². The van der Waals surface area contributed by atoms with Crippen LogP contribution in [-0.4, -0.2) is 36.1 Å². The van der Waals surface area contributed by atoms with Gasteiger partial charge in [-0.25, -0.2) is 0 Å². The molecular formula is C13H23N3. The molecule has 0 aromatic rings. The lowest BCUT2D eigenvalue weighted by Crippen LogP contribution is -2.49. The molecule has 3 atom stereocenters. The van der Waals surface area contributed by atoms with Gasteiger partial charge in [0.15, 0.2) is 0 Å². The van der Waals surface area contributed by atoms with Gasteiger partial charge >= 0.3 is 0 Å². The molecule has 0 spiro atoms. The second-order valence-corrected chi connectivity index (χ2v) is 5.35. The lowest BCUT2D eigenvalue weighted by Gasteiger charge is -2.39. The molecule has 0 aliphatic carbocycles. The fraction of sp³-hybridized carbons (Fsp3) is 0.923. The SMILES string of the molecule is CCC(CC#N)N(C)C1CC2CCC(C1)N2. The van der Waals surface area contributed by atoms with Crippen LogP contribution in [0.1, 0.15) is 45.4 Å². The summed E-state index contributed by atoms with van der Waals surface area (Å²) >= 11 is 0. The minimum atomic E-state index is 0.451. The van der Waals surface area contributed by atoms with Gasteiger partial charge in [0, 0.05) is 24.2 Å². The number of hydrogen-bond donors (Lipinski definition) is 1. The van der Waals surface area contributed by atoms with Crippen LogP contribution in [0.3, 0.4) is 0 Å². The van der Waals surface area contributed by atoms with Crippen LogP contribution in [0.4, 0.5) is 0 Å². The summed E-state index contributed by atoms with van der Waals surface area (Å²) in [6.45, 7) is 2.19. The predicted octanol–water partition coefficient (Wildman–Crippen LogP) is 1.89. The Balaban J connectivity index is 1.93. The number of fused-ring (bicyclic) bond motifs is 2. The van der Waals surface area contributed by atoms with Crippen molar-refractivity contribution in [1.82, 2.24) is 10.2 Å². The van der Waals surface area contributed by atoms with Crippen molar-refractivity contribution in [3.63, 3.8) is 0 Å². The summed E-state index contributed by atoms with van der Waals surface area (Å²) in [6, 6.07) is 4.95. The molecule has 3 unspecified atom stereocenters. The fourth-order valence-electron chi connectivity index (χ4n) is 3.34. The standard InChI is InChI=1S/C13H23N3/c1-3-12(6-7-14)16(2)13-8-10-4-5-11(9-13)15-10/h10-13,15H,3-6,8-9H2,1-2H3. The maximum absolute atomic E-state index is 8.84. The third-order valence-electron chi connectivity index (χ3n) is 4.40. The van der Waals surface area contributed by atoms with E-state index in [4.69, 9.17) is 5.26 Å².